The summed E-state index contributed by atoms with van der Waals surface area (Å²) in [6.07, 6.45) is 6.68. The van der Waals surface area contributed by atoms with E-state index in [2.05, 4.69) is 21.4 Å². The van der Waals surface area contributed by atoms with Gasteiger partial charge >= 0.3 is 0 Å². The highest BCUT2D eigenvalue weighted by Crippen LogP contribution is 2.35. The van der Waals surface area contributed by atoms with Gasteiger partial charge in [-0.3, -0.25) is 4.79 Å². The van der Waals surface area contributed by atoms with E-state index in [9.17, 15) is 10.1 Å². The molecule has 10 nitrogen and oxygen atoms in total. The fourth-order valence-corrected chi connectivity index (χ4v) is 5.78. The van der Waals surface area contributed by atoms with Crippen molar-refractivity contribution >= 4 is 22.8 Å². The fourth-order valence-electron chi connectivity index (χ4n) is 5.78. The summed E-state index contributed by atoms with van der Waals surface area (Å²) in [7, 11) is 0. The Hall–Kier alpha value is -4.82. The Morgan fingerprint density at radius 3 is 2.79 bits per heavy atom. The van der Waals surface area contributed by atoms with Gasteiger partial charge in [-0.1, -0.05) is 24.3 Å². The number of para-hydroxylation sites is 1. The van der Waals surface area contributed by atoms with Crippen LogP contribution in [0.1, 0.15) is 25.7 Å². The van der Waals surface area contributed by atoms with E-state index in [0.717, 1.165) is 38.8 Å². The molecule has 2 aliphatic rings. The number of hydrogen-bond donors (Lipinski definition) is 2. The lowest BCUT2D eigenvalue weighted by Gasteiger charge is -2.25. The molecular weight excluding hydrogens is 535 g/mol. The highest BCUT2D eigenvalue weighted by atomic mass is 19.1. The van der Waals surface area contributed by atoms with Crippen LogP contribution in [0, 0.1) is 23.1 Å². The molecule has 3 N–H and O–H groups in total. The van der Waals surface area contributed by atoms with Crippen LogP contribution in [0.2, 0.25) is 0 Å². The molecule has 11 heteroatoms. The molecule has 0 bridgehead atoms. The smallest absolute Gasteiger partial charge is 0.264 e. The summed E-state index contributed by atoms with van der Waals surface area (Å²) in [5.74, 6) is 0.488. The predicted molar refractivity (Wildman–Crippen MR) is 156 cm³/mol. The number of fused-ring (bicyclic) bond motifs is 1. The second-order valence-electron chi connectivity index (χ2n) is 10.6. The first kappa shape index (κ1) is 27.4. The van der Waals surface area contributed by atoms with Crippen LogP contribution in [0.25, 0.3) is 22.3 Å². The molecule has 2 aromatic carbocycles. The third kappa shape index (κ3) is 5.53. The first-order valence-electron chi connectivity index (χ1n) is 14.1. The van der Waals surface area contributed by atoms with Crippen LogP contribution in [0.3, 0.4) is 0 Å². The zero-order valence-corrected chi connectivity index (χ0v) is 23.0. The number of carbonyl (C=O) groups is 1. The van der Waals surface area contributed by atoms with Gasteiger partial charge in [0.2, 0.25) is 0 Å². The maximum atomic E-state index is 15.5. The molecule has 2 saturated heterocycles. The number of anilines is 1. The second-order valence-corrected chi connectivity index (χ2v) is 10.6. The Morgan fingerprint density at radius 1 is 1.17 bits per heavy atom. The van der Waals surface area contributed by atoms with Gasteiger partial charge in [0.25, 0.3) is 5.91 Å². The Balaban J connectivity index is 1.28. The third-order valence-electron chi connectivity index (χ3n) is 7.84. The van der Waals surface area contributed by atoms with Crippen molar-refractivity contribution < 1.29 is 13.9 Å². The van der Waals surface area contributed by atoms with E-state index >= 15 is 4.39 Å². The number of nitriles is 1. The summed E-state index contributed by atoms with van der Waals surface area (Å²) in [5.41, 5.74) is 7.42. The first-order valence-corrected chi connectivity index (χ1v) is 14.1. The van der Waals surface area contributed by atoms with Crippen molar-refractivity contribution in [3.05, 3.63) is 72.3 Å². The number of benzene rings is 2. The van der Waals surface area contributed by atoms with Crippen LogP contribution in [0.15, 0.2) is 66.5 Å². The fraction of sp³-hybridized carbons (Fsp3) is 0.323. The van der Waals surface area contributed by atoms with Gasteiger partial charge in [-0.2, -0.15) is 10.4 Å². The van der Waals surface area contributed by atoms with Gasteiger partial charge < -0.3 is 20.7 Å². The normalized spacial score (nSPS) is 19.1. The average Bonchev–Trinajstić information content (AvgIpc) is 3.62. The van der Waals surface area contributed by atoms with E-state index in [1.165, 1.54) is 12.4 Å². The number of nitrogens with zero attached hydrogens (tertiary/aromatic N) is 6. The van der Waals surface area contributed by atoms with Crippen molar-refractivity contribution in [2.75, 3.05) is 25.4 Å². The van der Waals surface area contributed by atoms with Gasteiger partial charge in [0.05, 0.1) is 18.0 Å². The highest BCUT2D eigenvalue weighted by Gasteiger charge is 2.33. The van der Waals surface area contributed by atoms with Gasteiger partial charge in [0.1, 0.15) is 46.8 Å². The molecular formula is C31H31FN8O2. The van der Waals surface area contributed by atoms with Crippen LogP contribution in [0.5, 0.6) is 11.5 Å². The number of nitrogens with one attached hydrogen (secondary N) is 1. The number of amides is 1. The lowest BCUT2D eigenvalue weighted by Crippen LogP contribution is -2.39. The molecule has 0 spiro atoms. The number of hydrogen-bond acceptors (Lipinski definition) is 8. The molecule has 4 aromatic rings. The molecule has 2 atom stereocenters. The summed E-state index contributed by atoms with van der Waals surface area (Å²) >= 11 is 0. The number of ether oxygens (including phenoxy) is 1. The van der Waals surface area contributed by atoms with E-state index in [1.807, 2.05) is 24.3 Å². The Kier molecular flexibility index (Phi) is 7.79. The molecule has 214 valence electrons. The zero-order valence-electron chi connectivity index (χ0n) is 23.0. The van der Waals surface area contributed by atoms with Crippen molar-refractivity contribution in [1.29, 1.82) is 5.26 Å². The molecule has 1 unspecified atom stereocenters. The Bertz CT molecular complexity index is 1670. The molecule has 6 rings (SSSR count). The minimum atomic E-state index is -0.531. The molecule has 2 fully saturated rings. The molecule has 1 amide bonds. The van der Waals surface area contributed by atoms with Gasteiger partial charge in [-0.15, -0.1) is 0 Å². The quantitative estimate of drug-likeness (QED) is 0.248. The lowest BCUT2D eigenvalue weighted by molar-refractivity contribution is -0.127. The van der Waals surface area contributed by atoms with Crippen molar-refractivity contribution in [2.45, 2.75) is 38.3 Å². The van der Waals surface area contributed by atoms with E-state index in [0.29, 0.717) is 41.3 Å². The van der Waals surface area contributed by atoms with E-state index < -0.39 is 5.82 Å². The summed E-state index contributed by atoms with van der Waals surface area (Å²) in [5, 5.41) is 18.3. The first-order chi connectivity index (χ1) is 20.5. The van der Waals surface area contributed by atoms with E-state index in [1.54, 1.807) is 33.8 Å². The van der Waals surface area contributed by atoms with Crippen LogP contribution >= 0.6 is 0 Å². The Morgan fingerprint density at radius 2 is 2.02 bits per heavy atom. The molecule has 0 radical (unpaired) electrons. The number of nitrogen functional groups attached to an aromatic ring is 1. The summed E-state index contributed by atoms with van der Waals surface area (Å²) < 4.78 is 22.9. The van der Waals surface area contributed by atoms with Gasteiger partial charge in [0, 0.05) is 24.7 Å². The molecule has 0 aliphatic carbocycles. The summed E-state index contributed by atoms with van der Waals surface area (Å²) in [6.45, 7) is 2.59. The van der Waals surface area contributed by atoms with Gasteiger partial charge in [-0.25, -0.2) is 19.0 Å². The maximum Gasteiger partial charge on any atom is 0.264 e. The van der Waals surface area contributed by atoms with Gasteiger partial charge in [0.15, 0.2) is 5.65 Å². The minimum absolute atomic E-state index is 0.162. The second kappa shape index (κ2) is 12.0. The van der Waals surface area contributed by atoms with Crippen molar-refractivity contribution in [3.63, 3.8) is 0 Å². The van der Waals surface area contributed by atoms with Crippen molar-refractivity contribution in [2.24, 2.45) is 5.92 Å². The number of nitrogens with two attached hydrogens (primary N) is 1. The van der Waals surface area contributed by atoms with Crippen molar-refractivity contribution in [1.82, 2.24) is 30.0 Å². The topological polar surface area (TPSA) is 135 Å². The zero-order chi connectivity index (χ0) is 29.1. The predicted octanol–water partition coefficient (Wildman–Crippen LogP) is 4.45. The number of aromatic nitrogens is 4. The monoisotopic (exact) mass is 566 g/mol. The minimum Gasteiger partial charge on any atom is -0.457 e. The Labute approximate surface area is 242 Å². The standard InChI is InChI=1S/C31H31FN8O2/c32-26-15-24(42-23-8-2-1-3-9-23)10-11-25(26)28-27-29(34)36-19-37-30(27)40(38-28)18-22-7-5-13-39(22)31(41)21(16-33)14-20-6-4-12-35-17-20/h1-3,8-11,14-15,19-20,22,35H,4-7,12-13,17-18H2,(H2,34,36,37)/t20?,22-/m1/s1. The molecule has 42 heavy (non-hydrogen) atoms. The summed E-state index contributed by atoms with van der Waals surface area (Å²) in [4.78, 5) is 23.8. The average molecular weight is 567 g/mol. The molecule has 2 aliphatic heterocycles. The molecule has 4 heterocycles. The maximum absolute atomic E-state index is 15.5. The molecule has 0 saturated carbocycles. The summed E-state index contributed by atoms with van der Waals surface area (Å²) in [6, 6.07) is 15.6. The van der Waals surface area contributed by atoms with Crippen LogP contribution in [0.4, 0.5) is 10.2 Å². The van der Waals surface area contributed by atoms with E-state index in [-0.39, 0.29) is 34.8 Å². The SMILES string of the molecule is N#CC(=CC1CCCNC1)C(=O)N1CCC[C@@H]1Cn1nc(-c2ccc(Oc3ccccc3)cc2F)c2c(N)ncnc21. The highest BCUT2D eigenvalue weighted by molar-refractivity contribution is 5.99. The number of rotatable bonds is 7. The largest absolute Gasteiger partial charge is 0.457 e. The number of carbonyl (C=O) groups excluding carboxylic acids is 1. The third-order valence-corrected chi connectivity index (χ3v) is 7.84. The number of halogens is 1. The van der Waals surface area contributed by atoms with Crippen LogP contribution in [-0.2, 0) is 11.3 Å². The van der Waals surface area contributed by atoms with Crippen LogP contribution in [-0.4, -0.2) is 56.2 Å². The van der Waals surface area contributed by atoms with E-state index in [4.69, 9.17) is 15.6 Å². The number of likely N-dealkylation sites (tertiary alicyclic amines) is 1. The van der Waals surface area contributed by atoms with Crippen LogP contribution < -0.4 is 15.8 Å². The molecule has 2 aromatic heterocycles. The lowest BCUT2D eigenvalue weighted by atomic mass is 9.96. The van der Waals surface area contributed by atoms with Gasteiger partial charge in [-0.05, 0) is 62.4 Å². The number of piperidine rings is 1. The van der Waals surface area contributed by atoms with Crippen molar-refractivity contribution in [3.8, 4) is 28.8 Å².